The van der Waals surface area contributed by atoms with Crippen molar-refractivity contribution in [2.75, 3.05) is 0 Å². The molecule has 1 N–H and O–H groups in total. The van der Waals surface area contributed by atoms with Gasteiger partial charge in [-0.1, -0.05) is 48.4 Å². The molecule has 0 aromatic heterocycles. The molecule has 2 aromatic rings. The van der Waals surface area contributed by atoms with E-state index in [0.717, 1.165) is 28.1 Å². The van der Waals surface area contributed by atoms with Gasteiger partial charge in [0.15, 0.2) is 6.10 Å². The third-order valence-corrected chi connectivity index (χ3v) is 4.89. The summed E-state index contributed by atoms with van der Waals surface area (Å²) in [5.74, 6) is 0.531. The number of carbonyl (C=O) groups excluding carboxylic acids is 1. The molecule has 2 rings (SSSR count). The molecule has 0 saturated carbocycles. The number of amides is 1. The van der Waals surface area contributed by atoms with Crippen molar-refractivity contribution in [2.24, 2.45) is 0 Å². The van der Waals surface area contributed by atoms with Crippen molar-refractivity contribution in [3.05, 3.63) is 63.7 Å². The maximum Gasteiger partial charge on any atom is 0.261 e. The summed E-state index contributed by atoms with van der Waals surface area (Å²) < 4.78 is 5.82. The Morgan fingerprint density at radius 3 is 2.20 bits per heavy atom. The van der Waals surface area contributed by atoms with Crippen molar-refractivity contribution in [3.63, 3.8) is 0 Å². The van der Waals surface area contributed by atoms with E-state index >= 15 is 0 Å². The molecule has 0 unspecified atom stereocenters. The molecule has 0 fully saturated rings. The van der Waals surface area contributed by atoms with E-state index in [1.807, 2.05) is 26.0 Å². The lowest BCUT2D eigenvalue weighted by Crippen LogP contribution is -2.38. The fourth-order valence-electron chi connectivity index (χ4n) is 2.74. The van der Waals surface area contributed by atoms with Crippen LogP contribution in [0.5, 0.6) is 5.75 Å². The number of halogens is 1. The number of benzene rings is 2. The molecule has 0 spiro atoms. The van der Waals surface area contributed by atoms with Gasteiger partial charge in [0.2, 0.25) is 0 Å². The summed E-state index contributed by atoms with van der Waals surface area (Å²) in [4.78, 5) is 12.5. The van der Waals surface area contributed by atoms with E-state index in [4.69, 9.17) is 16.3 Å². The molecule has 0 aliphatic heterocycles. The topological polar surface area (TPSA) is 38.3 Å². The molecule has 0 saturated heterocycles. The Labute approximate surface area is 155 Å². The van der Waals surface area contributed by atoms with Crippen molar-refractivity contribution in [3.8, 4) is 5.75 Å². The van der Waals surface area contributed by atoms with Gasteiger partial charge in [-0.05, 0) is 62.9 Å². The lowest BCUT2D eigenvalue weighted by molar-refractivity contribution is -0.128. The highest BCUT2D eigenvalue weighted by atomic mass is 35.5. The van der Waals surface area contributed by atoms with Gasteiger partial charge in [-0.3, -0.25) is 4.79 Å². The van der Waals surface area contributed by atoms with Crippen LogP contribution in [0.1, 0.15) is 48.6 Å². The highest BCUT2D eigenvalue weighted by Crippen LogP contribution is 2.26. The fraction of sp³-hybridized carbons (Fsp3) is 0.381. The molecule has 134 valence electrons. The average molecular weight is 360 g/mol. The van der Waals surface area contributed by atoms with Crippen LogP contribution in [0.2, 0.25) is 5.02 Å². The molecular weight excluding hydrogens is 334 g/mol. The standard InChI is InChI=1S/C21H26ClNO2/c1-6-19(17-9-7-13(2)8-10-17)23-21(24)16(5)25-18-11-14(3)20(22)15(4)12-18/h7-12,16,19H,6H2,1-5H3,(H,23,24)/t16-,19-/m0/s1. The average Bonchev–Trinajstić information content (AvgIpc) is 2.58. The van der Waals surface area contributed by atoms with Crippen LogP contribution in [-0.2, 0) is 4.79 Å². The molecule has 0 heterocycles. The van der Waals surface area contributed by atoms with E-state index in [1.54, 1.807) is 6.92 Å². The Bertz CT molecular complexity index is 717. The van der Waals surface area contributed by atoms with Crippen LogP contribution in [0.25, 0.3) is 0 Å². The van der Waals surface area contributed by atoms with Crippen LogP contribution in [0.15, 0.2) is 36.4 Å². The largest absolute Gasteiger partial charge is 0.481 e. The summed E-state index contributed by atoms with van der Waals surface area (Å²) in [6, 6.07) is 11.9. The molecule has 2 atom stereocenters. The third kappa shape index (κ3) is 4.99. The number of nitrogens with one attached hydrogen (secondary N) is 1. The Morgan fingerprint density at radius 1 is 1.12 bits per heavy atom. The first-order chi connectivity index (χ1) is 11.8. The third-order valence-electron chi connectivity index (χ3n) is 4.30. The summed E-state index contributed by atoms with van der Waals surface area (Å²) in [7, 11) is 0. The second-order valence-corrected chi connectivity index (χ2v) is 6.89. The molecule has 0 radical (unpaired) electrons. The first-order valence-electron chi connectivity index (χ1n) is 8.62. The van der Waals surface area contributed by atoms with Gasteiger partial charge in [-0.25, -0.2) is 0 Å². The van der Waals surface area contributed by atoms with Gasteiger partial charge < -0.3 is 10.1 Å². The maximum absolute atomic E-state index is 12.5. The molecule has 4 heteroatoms. The minimum absolute atomic E-state index is 0.0205. The van der Waals surface area contributed by atoms with E-state index in [0.29, 0.717) is 5.75 Å². The zero-order valence-corrected chi connectivity index (χ0v) is 16.3. The van der Waals surface area contributed by atoms with Crippen molar-refractivity contribution in [1.82, 2.24) is 5.32 Å². The van der Waals surface area contributed by atoms with Crippen molar-refractivity contribution in [2.45, 2.75) is 53.2 Å². The van der Waals surface area contributed by atoms with Gasteiger partial charge in [0.1, 0.15) is 5.75 Å². The highest BCUT2D eigenvalue weighted by Gasteiger charge is 2.19. The number of ether oxygens (including phenoxy) is 1. The van der Waals surface area contributed by atoms with Crippen LogP contribution < -0.4 is 10.1 Å². The lowest BCUT2D eigenvalue weighted by Gasteiger charge is -2.21. The van der Waals surface area contributed by atoms with Gasteiger partial charge in [-0.2, -0.15) is 0 Å². The Balaban J connectivity index is 2.05. The van der Waals surface area contributed by atoms with Gasteiger partial charge in [0.25, 0.3) is 5.91 Å². The monoisotopic (exact) mass is 359 g/mol. The van der Waals surface area contributed by atoms with Crippen LogP contribution in [-0.4, -0.2) is 12.0 Å². The number of carbonyl (C=O) groups is 1. The Hall–Kier alpha value is -2.00. The van der Waals surface area contributed by atoms with E-state index in [-0.39, 0.29) is 11.9 Å². The Morgan fingerprint density at radius 2 is 1.68 bits per heavy atom. The predicted molar refractivity (Wildman–Crippen MR) is 103 cm³/mol. The van der Waals surface area contributed by atoms with Crippen molar-refractivity contribution < 1.29 is 9.53 Å². The van der Waals surface area contributed by atoms with Gasteiger partial charge in [-0.15, -0.1) is 0 Å². The summed E-state index contributed by atoms with van der Waals surface area (Å²) >= 11 is 6.18. The summed E-state index contributed by atoms with van der Waals surface area (Å²) in [5, 5.41) is 3.80. The summed E-state index contributed by atoms with van der Waals surface area (Å²) in [5.41, 5.74) is 4.19. The SMILES string of the molecule is CC[C@H](NC(=O)[C@H](C)Oc1cc(C)c(Cl)c(C)c1)c1ccc(C)cc1. The maximum atomic E-state index is 12.5. The second kappa shape index (κ2) is 8.39. The first kappa shape index (κ1) is 19.3. The van der Waals surface area contributed by atoms with E-state index < -0.39 is 6.10 Å². The van der Waals surface area contributed by atoms with Gasteiger partial charge in [0.05, 0.1) is 6.04 Å². The normalized spacial score (nSPS) is 13.2. The number of hydrogen-bond donors (Lipinski definition) is 1. The summed E-state index contributed by atoms with van der Waals surface area (Å²) in [6.45, 7) is 9.73. The molecular formula is C21H26ClNO2. The molecule has 2 aromatic carbocycles. The molecule has 0 bridgehead atoms. The number of aryl methyl sites for hydroxylation is 3. The lowest BCUT2D eigenvalue weighted by atomic mass is 10.0. The van der Waals surface area contributed by atoms with E-state index in [9.17, 15) is 4.79 Å². The first-order valence-corrected chi connectivity index (χ1v) is 9.00. The van der Waals surface area contributed by atoms with Crippen LogP contribution >= 0.6 is 11.6 Å². The predicted octanol–water partition coefficient (Wildman–Crippen LogP) is 5.30. The van der Waals surface area contributed by atoms with Crippen LogP contribution in [0.3, 0.4) is 0 Å². The zero-order chi connectivity index (χ0) is 18.6. The van der Waals surface area contributed by atoms with Crippen molar-refractivity contribution in [1.29, 1.82) is 0 Å². The van der Waals surface area contributed by atoms with Crippen LogP contribution in [0.4, 0.5) is 0 Å². The number of rotatable bonds is 6. The zero-order valence-electron chi connectivity index (χ0n) is 15.5. The summed E-state index contributed by atoms with van der Waals surface area (Å²) in [6.07, 6.45) is 0.236. The number of hydrogen-bond acceptors (Lipinski definition) is 2. The Kier molecular flexibility index (Phi) is 6.49. The van der Waals surface area contributed by atoms with E-state index in [1.165, 1.54) is 5.56 Å². The molecule has 0 aliphatic carbocycles. The van der Waals surface area contributed by atoms with Crippen LogP contribution in [0, 0.1) is 20.8 Å². The quantitative estimate of drug-likeness (QED) is 0.760. The molecule has 3 nitrogen and oxygen atoms in total. The minimum atomic E-state index is -0.584. The van der Waals surface area contributed by atoms with Gasteiger partial charge in [0, 0.05) is 5.02 Å². The molecule has 1 amide bonds. The van der Waals surface area contributed by atoms with Gasteiger partial charge >= 0.3 is 0 Å². The smallest absolute Gasteiger partial charge is 0.261 e. The van der Waals surface area contributed by atoms with Crippen molar-refractivity contribution >= 4 is 17.5 Å². The molecule has 0 aliphatic rings. The second-order valence-electron chi connectivity index (χ2n) is 6.51. The fourth-order valence-corrected chi connectivity index (χ4v) is 2.85. The minimum Gasteiger partial charge on any atom is -0.481 e. The van der Waals surface area contributed by atoms with E-state index in [2.05, 4.69) is 43.4 Å². The highest BCUT2D eigenvalue weighted by molar-refractivity contribution is 6.32. The molecule has 25 heavy (non-hydrogen) atoms.